The van der Waals surface area contributed by atoms with Gasteiger partial charge in [0.1, 0.15) is 29.0 Å². The lowest BCUT2D eigenvalue weighted by atomic mass is 10.0. The molecule has 6 N–H and O–H groups in total. The number of aromatic nitrogens is 1. The Kier molecular flexibility index (Phi) is 43.8. The molecule has 0 bridgehead atoms. The van der Waals surface area contributed by atoms with Gasteiger partial charge in [-0.3, -0.25) is 47.9 Å². The zero-order valence-electron chi connectivity index (χ0n) is 55.3. The number of imide groups is 1. The Labute approximate surface area is 549 Å². The number of anilines is 1. The Morgan fingerprint density at radius 2 is 1.15 bits per heavy atom. The quantitative estimate of drug-likeness (QED) is 0.0202. The number of amides is 7. The number of thioether (sulfide) groups is 1. The number of nitrogens with zero attached hydrogens (tertiary/aromatic N) is 2. The molecular weight excluding hydrogens is 1200 g/mol. The van der Waals surface area contributed by atoms with E-state index in [1.165, 1.54) is 13.1 Å². The highest BCUT2D eigenvalue weighted by Gasteiger charge is 2.42. The standard InChI is InChI=1S/C46H70N6O11.C21H38N2O5S/c1-3-17-39(56)38(51-42(58)27-25-37(55)20-10-5-7-13-23-45(61)63-52-43(59)28-29-44(52)60)21-14-16-30-47-41(57)22-12-6-4-9-18-36(54)19-11-8-15-31-48-46(62)35-24-26-40(50-33-35)49-32-34(2)53;1-2-10-26-12-14-28-15-13-27-11-6-5-8-17(24)7-3-4-9-19-20-18(16-29-19)22-21(25)23-20/h24,26,33,38H,3-23,25,27-32H2,1-2H3,(H,47,57)(H,48,62)(H,49,50)(H,51,58);18-20H,2-16H2,1H3,(H2,22,23,25)/t38-;18-,19-,20-/m00/s1. The highest BCUT2D eigenvalue weighted by molar-refractivity contribution is 8.00. The molecule has 4 rings (SSSR count). The minimum absolute atomic E-state index is 0.00814. The van der Waals surface area contributed by atoms with E-state index in [1.807, 2.05) is 18.7 Å². The Morgan fingerprint density at radius 3 is 1.77 bits per heavy atom. The average Bonchev–Trinajstić information content (AvgIpc) is 2.07. The number of rotatable bonds is 55. The molecule has 0 saturated carbocycles. The molecule has 3 aliphatic heterocycles. The molecule has 1 aromatic rings. The number of ketones is 5. The first kappa shape index (κ1) is 80.1. The van der Waals surface area contributed by atoms with Gasteiger partial charge in [-0.15, -0.1) is 5.06 Å². The Balaban J connectivity index is 0.000000631. The van der Waals surface area contributed by atoms with E-state index >= 15 is 0 Å². The molecular formula is C67H108N8O16S. The number of hydrogen-bond donors (Lipinski definition) is 6. The van der Waals surface area contributed by atoms with Crippen molar-refractivity contribution in [1.29, 1.82) is 0 Å². The first-order chi connectivity index (χ1) is 44.5. The van der Waals surface area contributed by atoms with Crippen LogP contribution in [0, 0.1) is 0 Å². The molecule has 24 nitrogen and oxygen atoms in total. The molecule has 0 aromatic carbocycles. The van der Waals surface area contributed by atoms with E-state index in [0.717, 1.165) is 95.8 Å². The van der Waals surface area contributed by atoms with Crippen LogP contribution in [0.3, 0.4) is 0 Å². The smallest absolute Gasteiger partial charge is 0.333 e. The molecule has 0 aliphatic carbocycles. The maximum Gasteiger partial charge on any atom is 0.333 e. The van der Waals surface area contributed by atoms with Crippen LogP contribution in [0.5, 0.6) is 0 Å². The Hall–Kier alpha value is -6.18. The van der Waals surface area contributed by atoms with Gasteiger partial charge in [-0.2, -0.15) is 11.8 Å². The number of nitrogens with one attached hydrogen (secondary N) is 6. The van der Waals surface area contributed by atoms with Crippen LogP contribution in [0.2, 0.25) is 0 Å². The minimum Gasteiger partial charge on any atom is -0.379 e. The van der Waals surface area contributed by atoms with Gasteiger partial charge < -0.3 is 50.9 Å². The summed E-state index contributed by atoms with van der Waals surface area (Å²) in [5.41, 5.74) is 0.437. The number of urea groups is 1. The first-order valence-electron chi connectivity index (χ1n) is 34.1. The molecule has 0 radical (unpaired) electrons. The summed E-state index contributed by atoms with van der Waals surface area (Å²) in [6.45, 7) is 10.5. The third kappa shape index (κ3) is 38.1. The molecule has 518 valence electrons. The number of unbranched alkanes of at least 4 members (excludes halogenated alkanes) is 11. The molecule has 1 aromatic heterocycles. The summed E-state index contributed by atoms with van der Waals surface area (Å²) in [6.07, 6.45) is 21.4. The molecule has 0 unspecified atom stereocenters. The summed E-state index contributed by atoms with van der Waals surface area (Å²) in [5, 5.41) is 18.5. The van der Waals surface area contributed by atoms with Gasteiger partial charge in [0.2, 0.25) is 11.8 Å². The summed E-state index contributed by atoms with van der Waals surface area (Å²) >= 11 is 1.93. The normalized spacial score (nSPS) is 16.0. The predicted molar refractivity (Wildman–Crippen MR) is 350 cm³/mol. The number of carbonyl (C=O) groups excluding carboxylic acids is 12. The van der Waals surface area contributed by atoms with Gasteiger partial charge in [-0.05, 0) is 115 Å². The van der Waals surface area contributed by atoms with Crippen molar-refractivity contribution >= 4 is 88.0 Å². The van der Waals surface area contributed by atoms with Crippen LogP contribution in [-0.4, -0.2) is 169 Å². The predicted octanol–water partition coefficient (Wildman–Crippen LogP) is 8.63. The van der Waals surface area contributed by atoms with Crippen LogP contribution in [-0.2, 0) is 67.0 Å². The van der Waals surface area contributed by atoms with Crippen molar-refractivity contribution in [1.82, 2.24) is 36.6 Å². The molecule has 4 heterocycles. The molecule has 25 heteroatoms. The van der Waals surface area contributed by atoms with Crippen LogP contribution in [0.4, 0.5) is 10.6 Å². The van der Waals surface area contributed by atoms with Crippen LogP contribution in [0.25, 0.3) is 0 Å². The van der Waals surface area contributed by atoms with Gasteiger partial charge in [-0.1, -0.05) is 52.4 Å². The highest BCUT2D eigenvalue weighted by atomic mass is 32.2. The molecule has 7 amide bonds. The van der Waals surface area contributed by atoms with Crippen molar-refractivity contribution in [2.75, 3.05) is 70.3 Å². The highest BCUT2D eigenvalue weighted by Crippen LogP contribution is 2.33. The number of Topliss-reactive ketones (excluding diaryl/α,β-unsaturated/α-hetero) is 5. The third-order valence-electron chi connectivity index (χ3n) is 15.7. The van der Waals surface area contributed by atoms with Gasteiger partial charge in [0.05, 0.1) is 56.7 Å². The molecule has 4 atom stereocenters. The fourth-order valence-corrected chi connectivity index (χ4v) is 12.0. The maximum absolute atomic E-state index is 12.7. The van der Waals surface area contributed by atoms with Crippen LogP contribution in [0.15, 0.2) is 18.3 Å². The summed E-state index contributed by atoms with van der Waals surface area (Å²) in [5.74, 6) is -0.307. The summed E-state index contributed by atoms with van der Waals surface area (Å²) < 4.78 is 16.3. The summed E-state index contributed by atoms with van der Waals surface area (Å²) in [6, 6.07) is 3.18. The van der Waals surface area contributed by atoms with Crippen LogP contribution >= 0.6 is 11.8 Å². The molecule has 3 saturated heterocycles. The SMILES string of the molecule is CCCC(=O)[C@H](CCCCNC(=O)CCCCCCC(=O)CCCCCNC(=O)c1ccc(NCC(C)=O)nc1)NC(=O)CCC(=O)CCCCCCC(=O)ON1C(=O)CCC1=O.CCCOCCOCCOCCCCC(=O)CCCC[C@@H]1SC[C@@H]2NC(=O)N[C@@H]21. The second kappa shape index (κ2) is 50.3. The largest absolute Gasteiger partial charge is 0.379 e. The maximum atomic E-state index is 12.7. The molecule has 92 heavy (non-hydrogen) atoms. The van der Waals surface area contributed by atoms with E-state index in [4.69, 9.17) is 19.0 Å². The Bertz CT molecular complexity index is 2400. The fourth-order valence-electron chi connectivity index (χ4n) is 10.4. The number of hydrogen-bond acceptors (Lipinski definition) is 19. The summed E-state index contributed by atoms with van der Waals surface area (Å²) in [7, 11) is 0. The van der Waals surface area contributed by atoms with Gasteiger partial charge >= 0.3 is 12.0 Å². The van der Waals surface area contributed by atoms with Crippen molar-refractivity contribution in [2.45, 2.75) is 256 Å². The van der Waals surface area contributed by atoms with Crippen LogP contribution < -0.4 is 31.9 Å². The van der Waals surface area contributed by atoms with E-state index < -0.39 is 23.8 Å². The van der Waals surface area contributed by atoms with Crippen molar-refractivity contribution < 1.29 is 76.6 Å². The number of fused-ring (bicyclic) bond motifs is 1. The van der Waals surface area contributed by atoms with E-state index in [-0.39, 0.29) is 97.6 Å². The van der Waals surface area contributed by atoms with Crippen molar-refractivity contribution in [3.05, 3.63) is 23.9 Å². The molecule has 3 fully saturated rings. The van der Waals surface area contributed by atoms with Crippen molar-refractivity contribution in [3.8, 4) is 0 Å². The monoisotopic (exact) mass is 1310 g/mol. The van der Waals surface area contributed by atoms with Gasteiger partial charge in [-0.25, -0.2) is 14.6 Å². The molecule has 3 aliphatic rings. The van der Waals surface area contributed by atoms with Gasteiger partial charge in [0, 0.05) is 121 Å². The topological polar surface area (TPSA) is 330 Å². The van der Waals surface area contributed by atoms with E-state index in [9.17, 15) is 57.5 Å². The van der Waals surface area contributed by atoms with E-state index in [0.29, 0.717) is 170 Å². The number of ether oxygens (including phenoxy) is 3. The number of hydroxylamine groups is 2. The lowest BCUT2D eigenvalue weighted by Crippen LogP contribution is -2.41. The average molecular weight is 1310 g/mol. The van der Waals surface area contributed by atoms with Crippen molar-refractivity contribution in [3.63, 3.8) is 0 Å². The van der Waals surface area contributed by atoms with Gasteiger partial charge in [0.25, 0.3) is 17.7 Å². The lowest BCUT2D eigenvalue weighted by molar-refractivity contribution is -0.197. The first-order valence-corrected chi connectivity index (χ1v) is 35.1. The Morgan fingerprint density at radius 1 is 0.587 bits per heavy atom. The van der Waals surface area contributed by atoms with E-state index in [1.54, 1.807) is 12.1 Å². The molecule has 0 spiro atoms. The summed E-state index contributed by atoms with van der Waals surface area (Å²) in [4.78, 5) is 153. The van der Waals surface area contributed by atoms with E-state index in [2.05, 4.69) is 43.8 Å². The van der Waals surface area contributed by atoms with Crippen LogP contribution in [0.1, 0.15) is 243 Å². The second-order valence-electron chi connectivity index (χ2n) is 23.9. The van der Waals surface area contributed by atoms with Gasteiger partial charge in [0.15, 0.2) is 5.78 Å². The van der Waals surface area contributed by atoms with Crippen molar-refractivity contribution in [2.24, 2.45) is 0 Å². The number of pyridine rings is 1. The zero-order valence-corrected chi connectivity index (χ0v) is 56.1. The fraction of sp³-hybridized carbons (Fsp3) is 0.746. The number of carbonyl (C=O) groups is 12. The minimum atomic E-state index is -0.645. The second-order valence-corrected chi connectivity index (χ2v) is 25.2. The lowest BCUT2D eigenvalue weighted by Gasteiger charge is -2.17. The third-order valence-corrected chi connectivity index (χ3v) is 17.2. The zero-order chi connectivity index (χ0) is 67.0.